The third-order valence-corrected chi connectivity index (χ3v) is 3.96. The lowest BCUT2D eigenvalue weighted by atomic mass is 10.1. The molecule has 0 spiro atoms. The van der Waals surface area contributed by atoms with Crippen LogP contribution in [0.2, 0.25) is 0 Å². The molecule has 0 bridgehead atoms. The number of aromatic nitrogens is 2. The molecule has 31 heavy (non-hydrogen) atoms. The molecule has 0 fully saturated rings. The van der Waals surface area contributed by atoms with Gasteiger partial charge in [-0.05, 0) is 48.5 Å². The van der Waals surface area contributed by atoms with Gasteiger partial charge in [-0.3, -0.25) is 9.78 Å². The maximum absolute atomic E-state index is 13.4. The summed E-state index contributed by atoms with van der Waals surface area (Å²) in [7, 11) is 0. The Bertz CT molecular complexity index is 1110. The fraction of sp³-hybridized carbons (Fsp3) is 0.0476. The number of anilines is 2. The molecule has 4 N–H and O–H groups in total. The van der Waals surface area contributed by atoms with E-state index >= 15 is 0 Å². The van der Waals surface area contributed by atoms with Crippen molar-refractivity contribution in [3.05, 3.63) is 90.0 Å². The average Bonchev–Trinajstić information content (AvgIpc) is 2.74. The maximum Gasteiger partial charge on any atom is 0.431 e. The maximum atomic E-state index is 13.4. The molecule has 3 rings (SSSR count). The van der Waals surface area contributed by atoms with Crippen molar-refractivity contribution in [2.24, 2.45) is 0 Å². The summed E-state index contributed by atoms with van der Waals surface area (Å²) in [6.45, 7) is 0. The van der Waals surface area contributed by atoms with Crippen molar-refractivity contribution < 1.29 is 23.1 Å². The van der Waals surface area contributed by atoms with Gasteiger partial charge in [0.15, 0.2) is 0 Å². The smallest absolute Gasteiger partial charge is 0.431 e. The number of carbonyl (C=O) groups excluding carboxylic acids is 1. The number of allylic oxidation sites excluding steroid dienone is 2. The lowest BCUT2D eigenvalue weighted by Crippen LogP contribution is -2.21. The quantitative estimate of drug-likeness (QED) is 0.437. The minimum atomic E-state index is -4.75. The van der Waals surface area contributed by atoms with Crippen LogP contribution in [0.1, 0.15) is 15.9 Å². The number of carbonyl (C=O) groups is 1. The SMILES string of the molecule is N=C(/C=C(\Nc1ccc(NC(=O)c2cccc(O)c2)cn1)C(F)(F)F)c1cccnc1. The Balaban J connectivity index is 1.73. The normalized spacial score (nSPS) is 11.6. The molecule has 0 unspecified atom stereocenters. The number of hydrogen-bond acceptors (Lipinski definition) is 6. The van der Waals surface area contributed by atoms with Gasteiger partial charge in [0.1, 0.15) is 17.3 Å². The van der Waals surface area contributed by atoms with Crippen LogP contribution in [-0.2, 0) is 0 Å². The number of halogens is 3. The molecule has 0 atom stereocenters. The second-order valence-corrected chi connectivity index (χ2v) is 6.27. The fourth-order valence-electron chi connectivity index (χ4n) is 2.47. The van der Waals surface area contributed by atoms with Gasteiger partial charge in [0.2, 0.25) is 0 Å². The van der Waals surface area contributed by atoms with Gasteiger partial charge < -0.3 is 21.1 Å². The molecule has 158 valence electrons. The zero-order valence-corrected chi connectivity index (χ0v) is 15.8. The van der Waals surface area contributed by atoms with E-state index < -0.39 is 17.8 Å². The number of pyridine rings is 2. The van der Waals surface area contributed by atoms with Crippen molar-refractivity contribution in [3.63, 3.8) is 0 Å². The third kappa shape index (κ3) is 5.89. The number of benzene rings is 1. The first-order valence-corrected chi connectivity index (χ1v) is 8.83. The van der Waals surface area contributed by atoms with Gasteiger partial charge in [0, 0.05) is 23.5 Å². The number of nitrogens with zero attached hydrogens (tertiary/aromatic N) is 2. The Kier molecular flexibility index (Phi) is 6.29. The molecule has 2 aromatic heterocycles. The van der Waals surface area contributed by atoms with Gasteiger partial charge in [-0.25, -0.2) is 4.98 Å². The molecule has 0 aliphatic rings. The second kappa shape index (κ2) is 9.08. The topological polar surface area (TPSA) is 111 Å². The molecule has 10 heteroatoms. The summed E-state index contributed by atoms with van der Waals surface area (Å²) < 4.78 is 40.2. The van der Waals surface area contributed by atoms with Gasteiger partial charge in [0.05, 0.1) is 17.6 Å². The molecule has 0 saturated heterocycles. The van der Waals surface area contributed by atoms with Crippen LogP contribution in [0.15, 0.2) is 78.9 Å². The zero-order chi connectivity index (χ0) is 22.4. The predicted molar refractivity (Wildman–Crippen MR) is 109 cm³/mol. The number of amides is 1. The van der Waals surface area contributed by atoms with Crippen LogP contribution in [-0.4, -0.2) is 32.9 Å². The molecule has 1 amide bonds. The molecule has 0 aliphatic heterocycles. The van der Waals surface area contributed by atoms with Crippen LogP contribution >= 0.6 is 0 Å². The molecule has 0 radical (unpaired) electrons. The van der Waals surface area contributed by atoms with E-state index in [-0.39, 0.29) is 34.1 Å². The van der Waals surface area contributed by atoms with E-state index in [4.69, 9.17) is 5.41 Å². The molecule has 2 heterocycles. The summed E-state index contributed by atoms with van der Waals surface area (Å²) in [4.78, 5) is 19.8. The fourth-order valence-corrected chi connectivity index (χ4v) is 2.47. The van der Waals surface area contributed by atoms with Crippen LogP contribution in [0.25, 0.3) is 0 Å². The summed E-state index contributed by atoms with van der Waals surface area (Å²) in [6.07, 6.45) is -0.179. The highest BCUT2D eigenvalue weighted by Crippen LogP contribution is 2.27. The number of aromatic hydroxyl groups is 1. The first-order valence-electron chi connectivity index (χ1n) is 8.83. The van der Waals surface area contributed by atoms with Crippen molar-refractivity contribution in [1.82, 2.24) is 9.97 Å². The lowest BCUT2D eigenvalue weighted by Gasteiger charge is -2.14. The summed E-state index contributed by atoms with van der Waals surface area (Å²) >= 11 is 0. The number of hydrogen-bond donors (Lipinski definition) is 4. The molecule has 7 nitrogen and oxygen atoms in total. The highest BCUT2D eigenvalue weighted by atomic mass is 19.4. The van der Waals surface area contributed by atoms with E-state index in [0.717, 1.165) is 0 Å². The van der Waals surface area contributed by atoms with Crippen LogP contribution in [0, 0.1) is 5.41 Å². The Morgan fingerprint density at radius 3 is 2.42 bits per heavy atom. The average molecular weight is 427 g/mol. The molecule has 3 aromatic rings. The molecule has 1 aromatic carbocycles. The van der Waals surface area contributed by atoms with Gasteiger partial charge in [0.25, 0.3) is 5.91 Å². The van der Waals surface area contributed by atoms with Crippen LogP contribution < -0.4 is 10.6 Å². The van der Waals surface area contributed by atoms with E-state index in [9.17, 15) is 23.1 Å². The van der Waals surface area contributed by atoms with E-state index in [2.05, 4.69) is 20.6 Å². The summed E-state index contributed by atoms with van der Waals surface area (Å²) in [6, 6.07) is 11.3. The van der Waals surface area contributed by atoms with Crippen molar-refractivity contribution in [2.75, 3.05) is 10.6 Å². The molecular weight excluding hydrogens is 411 g/mol. The van der Waals surface area contributed by atoms with E-state index in [1.807, 2.05) is 0 Å². The van der Waals surface area contributed by atoms with Crippen molar-refractivity contribution in [2.45, 2.75) is 6.18 Å². The molecular formula is C21H16F3N5O2. The van der Waals surface area contributed by atoms with Gasteiger partial charge in [-0.1, -0.05) is 6.07 Å². The molecule has 0 saturated carbocycles. The second-order valence-electron chi connectivity index (χ2n) is 6.27. The van der Waals surface area contributed by atoms with Gasteiger partial charge >= 0.3 is 6.18 Å². The first kappa shape index (κ1) is 21.5. The first-order chi connectivity index (χ1) is 14.7. The third-order valence-electron chi connectivity index (χ3n) is 3.96. The number of rotatable bonds is 6. The number of phenols is 1. The predicted octanol–water partition coefficient (Wildman–Crippen LogP) is 4.36. The van der Waals surface area contributed by atoms with Crippen molar-refractivity contribution in [3.8, 4) is 5.75 Å². The standard InChI is InChI=1S/C21H16F3N5O2/c22-21(23,24)18(10-17(25)14-4-2-8-26-11-14)29-19-7-6-15(12-27-19)28-20(31)13-3-1-5-16(30)9-13/h1-12,25,30H,(H,27,29)(H,28,31)/b18-10-,25-17?. The summed E-state index contributed by atoms with van der Waals surface area (Å²) in [5, 5.41) is 22.0. The summed E-state index contributed by atoms with van der Waals surface area (Å²) in [5.41, 5.74) is -0.865. The summed E-state index contributed by atoms with van der Waals surface area (Å²) in [5.74, 6) is -0.717. The Morgan fingerprint density at radius 1 is 1.03 bits per heavy atom. The monoisotopic (exact) mass is 427 g/mol. The largest absolute Gasteiger partial charge is 0.508 e. The lowest BCUT2D eigenvalue weighted by molar-refractivity contribution is -0.0901. The highest BCUT2D eigenvalue weighted by molar-refractivity contribution is 6.07. The van der Waals surface area contributed by atoms with E-state index in [1.165, 1.54) is 67.1 Å². The van der Waals surface area contributed by atoms with Crippen LogP contribution in [0.4, 0.5) is 24.7 Å². The van der Waals surface area contributed by atoms with Gasteiger partial charge in [-0.15, -0.1) is 0 Å². The van der Waals surface area contributed by atoms with E-state index in [0.29, 0.717) is 6.08 Å². The van der Waals surface area contributed by atoms with Crippen LogP contribution in [0.3, 0.4) is 0 Å². The molecule has 0 aliphatic carbocycles. The zero-order valence-electron chi connectivity index (χ0n) is 15.8. The van der Waals surface area contributed by atoms with Gasteiger partial charge in [-0.2, -0.15) is 13.2 Å². The highest BCUT2D eigenvalue weighted by Gasteiger charge is 2.34. The minimum absolute atomic E-state index is 0.0753. The number of phenolic OH excluding ortho intramolecular Hbond substituents is 1. The Morgan fingerprint density at radius 2 is 1.81 bits per heavy atom. The van der Waals surface area contributed by atoms with Crippen LogP contribution in [0.5, 0.6) is 5.75 Å². The minimum Gasteiger partial charge on any atom is -0.508 e. The van der Waals surface area contributed by atoms with Crippen molar-refractivity contribution >= 4 is 23.1 Å². The number of nitrogens with one attached hydrogen (secondary N) is 3. The van der Waals surface area contributed by atoms with E-state index in [1.54, 1.807) is 0 Å². The Hall–Kier alpha value is -4.21. The van der Waals surface area contributed by atoms with Crippen molar-refractivity contribution in [1.29, 1.82) is 5.41 Å². The Labute approximate surface area is 174 Å². The number of alkyl halides is 3.